The second kappa shape index (κ2) is 9.39. The summed E-state index contributed by atoms with van der Waals surface area (Å²) in [6.07, 6.45) is 2.30. The number of nitrogens with one attached hydrogen (secondary N) is 1. The van der Waals surface area contributed by atoms with Crippen LogP contribution in [-0.2, 0) is 20.8 Å². The number of rotatable bonds is 8. The minimum atomic E-state index is -0.421. The molecule has 154 valence electrons. The van der Waals surface area contributed by atoms with Gasteiger partial charge in [-0.2, -0.15) is 0 Å². The molecule has 2 aliphatic heterocycles. The standard InChI is InChI=1S/C21H31N3O4/c1-3-28-19(25)21(10-15-27-2)8-12-23(13-9-21)16-17-4-6-18(7-5-17)24-14-11-22-20(24)26/h4-7H,3,8-16H2,1-2H3,(H,22,26). The van der Waals surface area contributed by atoms with Crippen LogP contribution in [0.5, 0.6) is 0 Å². The molecule has 2 saturated heterocycles. The molecule has 2 fully saturated rings. The molecule has 2 amide bonds. The number of urea groups is 1. The fourth-order valence-corrected chi connectivity index (χ4v) is 4.03. The van der Waals surface area contributed by atoms with Gasteiger partial charge in [0.2, 0.25) is 0 Å². The average Bonchev–Trinajstić information content (AvgIpc) is 3.14. The van der Waals surface area contributed by atoms with Gasteiger partial charge in [0.1, 0.15) is 0 Å². The van der Waals surface area contributed by atoms with Crippen LogP contribution in [0.3, 0.4) is 0 Å². The molecule has 0 atom stereocenters. The summed E-state index contributed by atoms with van der Waals surface area (Å²) in [5.74, 6) is -0.0834. The molecule has 1 aromatic rings. The van der Waals surface area contributed by atoms with Crippen LogP contribution in [0.2, 0.25) is 0 Å². The third-order valence-corrected chi connectivity index (χ3v) is 5.82. The molecule has 2 heterocycles. The summed E-state index contributed by atoms with van der Waals surface area (Å²) in [5, 5.41) is 2.82. The Morgan fingerprint density at radius 1 is 1.18 bits per heavy atom. The second-order valence-electron chi connectivity index (χ2n) is 7.57. The summed E-state index contributed by atoms with van der Waals surface area (Å²) >= 11 is 0. The number of piperidine rings is 1. The largest absolute Gasteiger partial charge is 0.466 e. The molecular formula is C21H31N3O4. The highest BCUT2D eigenvalue weighted by Crippen LogP contribution is 2.37. The van der Waals surface area contributed by atoms with Gasteiger partial charge in [0, 0.05) is 39.0 Å². The highest BCUT2D eigenvalue weighted by atomic mass is 16.5. The zero-order chi connectivity index (χ0) is 20.0. The van der Waals surface area contributed by atoms with E-state index in [1.165, 1.54) is 5.56 Å². The fourth-order valence-electron chi connectivity index (χ4n) is 4.03. The molecule has 0 radical (unpaired) electrons. The van der Waals surface area contributed by atoms with Gasteiger partial charge < -0.3 is 14.8 Å². The van der Waals surface area contributed by atoms with E-state index in [0.717, 1.165) is 38.2 Å². The first kappa shape index (κ1) is 20.6. The Balaban J connectivity index is 1.56. The normalized spacial score (nSPS) is 19.5. The molecule has 0 aliphatic carbocycles. The number of benzene rings is 1. The van der Waals surface area contributed by atoms with E-state index in [0.29, 0.717) is 32.7 Å². The van der Waals surface area contributed by atoms with Crippen molar-refractivity contribution in [2.75, 3.05) is 51.4 Å². The lowest BCUT2D eigenvalue weighted by Gasteiger charge is -2.40. The van der Waals surface area contributed by atoms with Gasteiger partial charge in [0.25, 0.3) is 0 Å². The third-order valence-electron chi connectivity index (χ3n) is 5.82. The van der Waals surface area contributed by atoms with Crippen molar-refractivity contribution in [3.05, 3.63) is 29.8 Å². The minimum Gasteiger partial charge on any atom is -0.466 e. The molecule has 0 aromatic heterocycles. The van der Waals surface area contributed by atoms with Crippen molar-refractivity contribution in [3.63, 3.8) is 0 Å². The quantitative estimate of drug-likeness (QED) is 0.692. The summed E-state index contributed by atoms with van der Waals surface area (Å²) in [6, 6.07) is 8.14. The van der Waals surface area contributed by atoms with Crippen molar-refractivity contribution in [2.45, 2.75) is 32.7 Å². The van der Waals surface area contributed by atoms with Gasteiger partial charge in [-0.05, 0) is 57.0 Å². The van der Waals surface area contributed by atoms with Crippen LogP contribution < -0.4 is 10.2 Å². The first-order valence-corrected chi connectivity index (χ1v) is 10.1. The van der Waals surface area contributed by atoms with Crippen molar-refractivity contribution in [3.8, 4) is 0 Å². The monoisotopic (exact) mass is 389 g/mol. The first-order chi connectivity index (χ1) is 13.6. The molecule has 7 heteroatoms. The predicted molar refractivity (Wildman–Crippen MR) is 107 cm³/mol. The van der Waals surface area contributed by atoms with Gasteiger partial charge in [0.05, 0.1) is 12.0 Å². The summed E-state index contributed by atoms with van der Waals surface area (Å²) in [4.78, 5) is 28.5. The van der Waals surface area contributed by atoms with Gasteiger partial charge >= 0.3 is 12.0 Å². The van der Waals surface area contributed by atoms with E-state index in [9.17, 15) is 9.59 Å². The molecule has 0 bridgehead atoms. The Morgan fingerprint density at radius 2 is 1.89 bits per heavy atom. The Hall–Kier alpha value is -2.12. The minimum absolute atomic E-state index is 0.0323. The topological polar surface area (TPSA) is 71.1 Å². The van der Waals surface area contributed by atoms with Crippen LogP contribution in [0.4, 0.5) is 10.5 Å². The first-order valence-electron chi connectivity index (χ1n) is 10.1. The number of nitrogens with zero attached hydrogens (tertiary/aromatic N) is 2. The van der Waals surface area contributed by atoms with Crippen molar-refractivity contribution < 1.29 is 19.1 Å². The van der Waals surface area contributed by atoms with E-state index in [1.807, 2.05) is 19.1 Å². The Bertz CT molecular complexity index is 669. The molecule has 2 aliphatic rings. The van der Waals surface area contributed by atoms with Crippen LogP contribution in [0.25, 0.3) is 0 Å². The predicted octanol–water partition coefficient (Wildman–Crippen LogP) is 2.40. The molecule has 28 heavy (non-hydrogen) atoms. The van der Waals surface area contributed by atoms with Crippen molar-refractivity contribution in [2.24, 2.45) is 5.41 Å². The van der Waals surface area contributed by atoms with Gasteiger partial charge in [0.15, 0.2) is 0 Å². The number of ether oxygens (including phenoxy) is 2. The summed E-state index contributed by atoms with van der Waals surface area (Å²) in [7, 11) is 1.67. The van der Waals surface area contributed by atoms with E-state index in [2.05, 4.69) is 22.3 Å². The molecule has 1 N–H and O–H groups in total. The smallest absolute Gasteiger partial charge is 0.321 e. The van der Waals surface area contributed by atoms with E-state index >= 15 is 0 Å². The molecule has 0 unspecified atom stereocenters. The van der Waals surface area contributed by atoms with Crippen LogP contribution in [0.15, 0.2) is 24.3 Å². The Morgan fingerprint density at radius 3 is 2.46 bits per heavy atom. The fraction of sp³-hybridized carbons (Fsp3) is 0.619. The lowest BCUT2D eigenvalue weighted by molar-refractivity contribution is -0.160. The van der Waals surface area contributed by atoms with Crippen molar-refractivity contribution in [1.82, 2.24) is 10.2 Å². The van der Waals surface area contributed by atoms with Crippen molar-refractivity contribution >= 4 is 17.7 Å². The highest BCUT2D eigenvalue weighted by molar-refractivity contribution is 5.93. The Labute approximate surface area is 167 Å². The van der Waals surface area contributed by atoms with E-state index in [4.69, 9.17) is 9.47 Å². The van der Waals surface area contributed by atoms with E-state index < -0.39 is 5.41 Å². The van der Waals surface area contributed by atoms with Crippen LogP contribution in [-0.4, -0.2) is 63.4 Å². The molecule has 0 spiro atoms. The van der Waals surface area contributed by atoms with Crippen LogP contribution >= 0.6 is 0 Å². The maximum absolute atomic E-state index is 12.5. The number of amides is 2. The molecule has 7 nitrogen and oxygen atoms in total. The number of esters is 1. The van der Waals surface area contributed by atoms with Crippen molar-refractivity contribution in [1.29, 1.82) is 0 Å². The molecule has 0 saturated carbocycles. The van der Waals surface area contributed by atoms with Crippen LogP contribution in [0.1, 0.15) is 31.7 Å². The number of carbonyl (C=O) groups excluding carboxylic acids is 2. The van der Waals surface area contributed by atoms with Crippen LogP contribution in [0, 0.1) is 5.41 Å². The Kier molecular flexibility index (Phi) is 6.91. The molecule has 1 aromatic carbocycles. The zero-order valence-electron chi connectivity index (χ0n) is 16.9. The number of methoxy groups -OCH3 is 1. The number of hydrogen-bond donors (Lipinski definition) is 1. The summed E-state index contributed by atoms with van der Waals surface area (Å²) in [5.41, 5.74) is 1.72. The highest BCUT2D eigenvalue weighted by Gasteiger charge is 2.42. The van der Waals surface area contributed by atoms with Gasteiger partial charge in [-0.15, -0.1) is 0 Å². The maximum Gasteiger partial charge on any atom is 0.321 e. The average molecular weight is 389 g/mol. The second-order valence-corrected chi connectivity index (χ2v) is 7.57. The maximum atomic E-state index is 12.5. The molecule has 3 rings (SSSR count). The number of likely N-dealkylation sites (tertiary alicyclic amines) is 1. The zero-order valence-corrected chi connectivity index (χ0v) is 16.9. The van der Waals surface area contributed by atoms with Gasteiger partial charge in [-0.3, -0.25) is 14.6 Å². The number of hydrogen-bond acceptors (Lipinski definition) is 5. The van der Waals surface area contributed by atoms with E-state index in [-0.39, 0.29) is 12.0 Å². The summed E-state index contributed by atoms with van der Waals surface area (Å²) < 4.78 is 10.6. The van der Waals surface area contributed by atoms with Gasteiger partial charge in [-0.25, -0.2) is 4.79 Å². The lowest BCUT2D eigenvalue weighted by Crippen LogP contribution is -2.45. The SMILES string of the molecule is CCOC(=O)C1(CCOC)CCN(Cc2ccc(N3CCNC3=O)cc2)CC1. The number of anilines is 1. The number of carbonyl (C=O) groups is 2. The summed E-state index contributed by atoms with van der Waals surface area (Å²) in [6.45, 7) is 6.81. The lowest BCUT2D eigenvalue weighted by atomic mass is 9.75. The van der Waals surface area contributed by atoms with E-state index in [1.54, 1.807) is 12.0 Å². The third kappa shape index (κ3) is 4.64. The van der Waals surface area contributed by atoms with Gasteiger partial charge in [-0.1, -0.05) is 12.1 Å². The molecular weight excluding hydrogens is 358 g/mol.